The van der Waals surface area contributed by atoms with Gasteiger partial charge in [-0.15, -0.1) is 0 Å². The van der Waals surface area contributed by atoms with Gasteiger partial charge in [0.2, 0.25) is 5.91 Å². The van der Waals surface area contributed by atoms with Crippen LogP contribution in [0.5, 0.6) is 5.75 Å². The molecule has 3 saturated carbocycles. The van der Waals surface area contributed by atoms with E-state index in [2.05, 4.69) is 31.4 Å². The van der Waals surface area contributed by atoms with Crippen molar-refractivity contribution in [3.8, 4) is 16.9 Å². The first-order valence-electron chi connectivity index (χ1n) is 18.9. The summed E-state index contributed by atoms with van der Waals surface area (Å²) in [6.07, 6.45) is 1.12. The normalized spacial score (nSPS) is 26.7. The Morgan fingerprint density at radius 3 is 2.51 bits per heavy atom. The second-order valence-electron chi connectivity index (χ2n) is 16.1. The zero-order valence-corrected chi connectivity index (χ0v) is 32.1. The predicted octanol–water partition coefficient (Wildman–Crippen LogP) is 4.64. The highest BCUT2D eigenvalue weighted by Crippen LogP contribution is 2.61. The van der Waals surface area contributed by atoms with Crippen molar-refractivity contribution in [3.63, 3.8) is 0 Å². The minimum Gasteiger partial charge on any atom is -0.496 e. The summed E-state index contributed by atoms with van der Waals surface area (Å²) in [4.78, 5) is 35.9. The van der Waals surface area contributed by atoms with Crippen LogP contribution in [0, 0.1) is 29.1 Å². The van der Waals surface area contributed by atoms with Gasteiger partial charge in [0.1, 0.15) is 17.9 Å². The summed E-state index contributed by atoms with van der Waals surface area (Å²) in [6, 6.07) is 18.4. The van der Waals surface area contributed by atoms with E-state index in [1.807, 2.05) is 79.7 Å². The molecule has 2 bridgehead atoms. The number of nitrogens with two attached hydrogens (primary N) is 1. The molecule has 6 N–H and O–H groups in total. The van der Waals surface area contributed by atoms with E-state index in [1.165, 1.54) is 6.42 Å². The highest BCUT2D eigenvalue weighted by molar-refractivity contribution is 5.97. The highest BCUT2D eigenvalue weighted by Gasteiger charge is 2.57. The second kappa shape index (κ2) is 15.7. The number of benzene rings is 3. The van der Waals surface area contributed by atoms with Gasteiger partial charge in [0.05, 0.1) is 26.4 Å². The molecule has 0 radical (unpaired) electrons. The number of nitrogens with zero attached hydrogens (tertiary/aromatic N) is 2. The van der Waals surface area contributed by atoms with Gasteiger partial charge in [-0.3, -0.25) is 14.4 Å². The van der Waals surface area contributed by atoms with Gasteiger partial charge in [0, 0.05) is 60.7 Å². The van der Waals surface area contributed by atoms with Crippen molar-refractivity contribution in [2.24, 2.45) is 29.1 Å². The third kappa shape index (κ3) is 7.76. The fourth-order valence-electron chi connectivity index (χ4n) is 9.16. The molecule has 0 aromatic heterocycles. The number of amides is 2. The standard InChI is InChI=1S/C42H57N5O6/c1-24-34-20-30(42(34,3)4)21-35(24)45-41(51)38-37(25(2)49)36(23-48)53-47(38)22-27-11-9-13-33(39(27)52-7)28-17-29(19-32(18-28)46(5)6)40(50)44-15-14-26-10-8-12-31(43)16-26/h8-13,16-19,24-25,30,34-38,48-49H,14-15,20-23,43H2,1-7H3,(H,44,50)(H,45,51)/t24-,25?,30+,34-,35-,36-,37?,38-/m0/s1. The number of hydrogen-bond acceptors (Lipinski definition) is 9. The smallest absolute Gasteiger partial charge is 0.251 e. The maximum atomic E-state index is 14.2. The average molecular weight is 728 g/mol. The molecule has 3 aliphatic carbocycles. The summed E-state index contributed by atoms with van der Waals surface area (Å²) in [5, 5.41) is 29.2. The predicted molar refractivity (Wildman–Crippen MR) is 207 cm³/mol. The van der Waals surface area contributed by atoms with Gasteiger partial charge < -0.3 is 36.2 Å². The number of nitrogen functional groups attached to an aromatic ring is 1. The Balaban J connectivity index is 1.25. The van der Waals surface area contributed by atoms with Gasteiger partial charge in [0.25, 0.3) is 5.91 Å². The fourth-order valence-corrected chi connectivity index (χ4v) is 9.16. The molecule has 7 rings (SSSR count). The van der Waals surface area contributed by atoms with Crippen molar-refractivity contribution in [1.29, 1.82) is 0 Å². The first-order valence-corrected chi connectivity index (χ1v) is 18.9. The maximum absolute atomic E-state index is 14.2. The van der Waals surface area contributed by atoms with Crippen LogP contribution in [0.1, 0.15) is 62.0 Å². The Morgan fingerprint density at radius 2 is 1.87 bits per heavy atom. The first-order chi connectivity index (χ1) is 25.2. The van der Waals surface area contributed by atoms with Crippen LogP contribution in [-0.2, 0) is 22.6 Å². The van der Waals surface area contributed by atoms with Crippen molar-refractivity contribution < 1.29 is 29.4 Å². The van der Waals surface area contributed by atoms with Crippen LogP contribution in [0.25, 0.3) is 11.1 Å². The van der Waals surface area contributed by atoms with Crippen molar-refractivity contribution in [3.05, 3.63) is 77.4 Å². The van der Waals surface area contributed by atoms with Gasteiger partial charge in [-0.1, -0.05) is 51.1 Å². The SMILES string of the molecule is COc1c(CN2O[C@@H](CO)C(C(C)O)[C@H]2C(=O)N[C@H]2C[C@H]3C[C@@H]([C@@H]2C)C3(C)C)cccc1-c1cc(C(=O)NCCc2cccc(N)c2)cc(N(C)C)c1. The molecule has 1 aliphatic heterocycles. The summed E-state index contributed by atoms with van der Waals surface area (Å²) in [7, 11) is 5.46. The quantitative estimate of drug-likeness (QED) is 0.159. The number of aliphatic hydroxyl groups is 2. The van der Waals surface area contributed by atoms with Crippen LogP contribution in [0.2, 0.25) is 0 Å². The Labute approximate surface area is 313 Å². The number of rotatable bonds is 13. The number of methoxy groups -OCH3 is 1. The summed E-state index contributed by atoms with van der Waals surface area (Å²) < 4.78 is 6.05. The van der Waals surface area contributed by atoms with Crippen LogP contribution in [0.15, 0.2) is 60.7 Å². The molecule has 53 heavy (non-hydrogen) atoms. The first kappa shape index (κ1) is 38.6. The van der Waals surface area contributed by atoms with Crippen LogP contribution >= 0.6 is 0 Å². The number of aliphatic hydroxyl groups excluding tert-OH is 2. The number of carbonyl (C=O) groups excluding carboxylic acids is 2. The summed E-state index contributed by atoms with van der Waals surface area (Å²) in [5.74, 6) is 0.988. The molecule has 3 aromatic carbocycles. The van der Waals surface area contributed by atoms with Crippen LogP contribution in [-0.4, -0.2) is 85.7 Å². The third-order valence-corrected chi connectivity index (χ3v) is 12.3. The van der Waals surface area contributed by atoms with E-state index in [0.717, 1.165) is 34.4 Å². The summed E-state index contributed by atoms with van der Waals surface area (Å²) >= 11 is 0. The molecule has 4 fully saturated rings. The van der Waals surface area contributed by atoms with E-state index >= 15 is 0 Å². The Morgan fingerprint density at radius 1 is 1.11 bits per heavy atom. The van der Waals surface area contributed by atoms with E-state index in [4.69, 9.17) is 15.3 Å². The van der Waals surface area contributed by atoms with E-state index in [-0.39, 0.29) is 36.4 Å². The van der Waals surface area contributed by atoms with Crippen LogP contribution in [0.4, 0.5) is 11.4 Å². The van der Waals surface area contributed by atoms with Gasteiger partial charge in [-0.05, 0) is 90.8 Å². The number of ether oxygens (including phenoxy) is 1. The minimum absolute atomic E-state index is 0.0364. The maximum Gasteiger partial charge on any atom is 0.251 e. The number of carbonyl (C=O) groups is 2. The number of hydroxylamine groups is 2. The minimum atomic E-state index is -0.901. The van der Waals surface area contributed by atoms with Gasteiger partial charge in [0.15, 0.2) is 0 Å². The lowest BCUT2D eigenvalue weighted by Crippen LogP contribution is -2.62. The number of fused-ring (bicyclic) bond motifs is 2. The molecule has 1 saturated heterocycles. The molecule has 2 amide bonds. The van der Waals surface area contributed by atoms with Crippen molar-refractivity contribution in [2.45, 2.75) is 77.8 Å². The van der Waals surface area contributed by atoms with E-state index in [9.17, 15) is 19.8 Å². The van der Waals surface area contributed by atoms with Crippen molar-refractivity contribution >= 4 is 23.2 Å². The molecule has 3 aromatic rings. The molecule has 1 heterocycles. The number of hydrogen-bond donors (Lipinski definition) is 5. The highest BCUT2D eigenvalue weighted by atomic mass is 16.7. The molecular weight excluding hydrogens is 670 g/mol. The molecule has 8 atom stereocenters. The second-order valence-corrected chi connectivity index (χ2v) is 16.1. The van der Waals surface area contributed by atoms with Gasteiger partial charge in [-0.25, -0.2) is 0 Å². The van der Waals surface area contributed by atoms with Crippen molar-refractivity contribution in [1.82, 2.24) is 15.7 Å². The molecule has 4 aliphatic rings. The lowest BCUT2D eigenvalue weighted by molar-refractivity contribution is -0.183. The summed E-state index contributed by atoms with van der Waals surface area (Å²) in [5.41, 5.74) is 11.6. The Hall–Kier alpha value is -4.16. The van der Waals surface area contributed by atoms with E-state index < -0.39 is 24.2 Å². The molecule has 11 nitrogen and oxygen atoms in total. The third-order valence-electron chi connectivity index (χ3n) is 12.3. The molecule has 286 valence electrons. The largest absolute Gasteiger partial charge is 0.496 e. The number of para-hydroxylation sites is 1. The molecule has 11 heteroatoms. The molecular formula is C42H57N5O6. The Kier molecular flexibility index (Phi) is 11.4. The van der Waals surface area contributed by atoms with Gasteiger partial charge in [-0.2, -0.15) is 5.06 Å². The number of nitrogens with one attached hydrogen (secondary N) is 2. The lowest BCUT2D eigenvalue weighted by Gasteiger charge is -2.62. The molecule has 0 spiro atoms. The fraction of sp³-hybridized carbons (Fsp3) is 0.524. The number of anilines is 2. The van der Waals surface area contributed by atoms with Crippen molar-refractivity contribution in [2.75, 3.05) is 45.0 Å². The topological polar surface area (TPSA) is 150 Å². The van der Waals surface area contributed by atoms with Crippen LogP contribution in [0.3, 0.4) is 0 Å². The van der Waals surface area contributed by atoms with Gasteiger partial charge >= 0.3 is 0 Å². The van der Waals surface area contributed by atoms with Crippen LogP contribution < -0.4 is 26.0 Å². The summed E-state index contributed by atoms with van der Waals surface area (Å²) in [6.45, 7) is 8.82. The Bertz CT molecular complexity index is 1800. The monoisotopic (exact) mass is 727 g/mol. The van der Waals surface area contributed by atoms with E-state index in [1.54, 1.807) is 19.1 Å². The lowest BCUT2D eigenvalue weighted by atomic mass is 9.45. The zero-order chi connectivity index (χ0) is 38.2. The zero-order valence-electron chi connectivity index (χ0n) is 32.1. The van der Waals surface area contributed by atoms with E-state index in [0.29, 0.717) is 47.7 Å². The average Bonchev–Trinajstić information content (AvgIpc) is 3.50. The molecule has 2 unspecified atom stereocenters.